The van der Waals surface area contributed by atoms with E-state index in [1.54, 1.807) is 24.3 Å². The molecule has 3 rings (SSSR count). The molecule has 0 spiro atoms. The molecule has 0 bridgehead atoms. The molecule has 0 fully saturated rings. The Morgan fingerprint density at radius 3 is 2.63 bits per heavy atom. The molecule has 0 radical (unpaired) electrons. The Bertz CT molecular complexity index is 957. The molecule has 1 heterocycles. The molecule has 2 aromatic carbocycles. The topological polar surface area (TPSA) is 80.0 Å². The van der Waals surface area contributed by atoms with E-state index in [1.165, 1.54) is 11.8 Å². The van der Waals surface area contributed by atoms with Gasteiger partial charge in [0.2, 0.25) is 5.91 Å². The van der Waals surface area contributed by atoms with Gasteiger partial charge in [-0.3, -0.25) is 4.79 Å². The highest BCUT2D eigenvalue weighted by molar-refractivity contribution is 14.1. The molecule has 140 valence electrons. The van der Waals surface area contributed by atoms with Gasteiger partial charge in [-0.25, -0.2) is 0 Å². The number of phenolic OH excluding ortho intramolecular Hbond substituents is 1. The fourth-order valence-electron chi connectivity index (χ4n) is 2.59. The molecular formula is C19H19IN4O2S. The van der Waals surface area contributed by atoms with Crippen LogP contribution in [-0.4, -0.2) is 31.5 Å². The van der Waals surface area contributed by atoms with Gasteiger partial charge in [0.1, 0.15) is 5.75 Å². The van der Waals surface area contributed by atoms with Crippen LogP contribution in [0.3, 0.4) is 0 Å². The molecule has 0 atom stereocenters. The zero-order chi connectivity index (χ0) is 19.4. The lowest BCUT2D eigenvalue weighted by Crippen LogP contribution is -2.15. The first-order valence-electron chi connectivity index (χ1n) is 8.39. The maximum atomic E-state index is 12.3. The first-order valence-corrected chi connectivity index (χ1v) is 10.5. The molecule has 0 aliphatic carbocycles. The normalized spacial score (nSPS) is 10.8. The van der Waals surface area contributed by atoms with Gasteiger partial charge < -0.3 is 15.0 Å². The number of hydrogen-bond acceptors (Lipinski definition) is 5. The van der Waals surface area contributed by atoms with Crippen molar-refractivity contribution < 1.29 is 9.90 Å². The van der Waals surface area contributed by atoms with E-state index in [2.05, 4.69) is 38.1 Å². The average molecular weight is 494 g/mol. The number of amides is 1. The highest BCUT2D eigenvalue weighted by Crippen LogP contribution is 2.25. The third-order valence-corrected chi connectivity index (χ3v) is 5.59. The summed E-state index contributed by atoms with van der Waals surface area (Å²) in [6.45, 7) is 4.66. The van der Waals surface area contributed by atoms with Crippen molar-refractivity contribution in [3.8, 4) is 17.1 Å². The predicted octanol–water partition coefficient (Wildman–Crippen LogP) is 4.31. The molecule has 2 N–H and O–H groups in total. The number of aromatic nitrogens is 3. The summed E-state index contributed by atoms with van der Waals surface area (Å²) in [6, 6.07) is 12.7. The Morgan fingerprint density at radius 2 is 1.96 bits per heavy atom. The van der Waals surface area contributed by atoms with Crippen molar-refractivity contribution in [2.24, 2.45) is 0 Å². The monoisotopic (exact) mass is 494 g/mol. The van der Waals surface area contributed by atoms with E-state index >= 15 is 0 Å². The molecule has 6 nitrogen and oxygen atoms in total. The summed E-state index contributed by atoms with van der Waals surface area (Å²) in [5.74, 6) is 1.09. The van der Waals surface area contributed by atoms with Crippen molar-refractivity contribution >= 4 is 45.9 Å². The maximum absolute atomic E-state index is 12.3. The fraction of sp³-hybridized carbons (Fsp3) is 0.211. The van der Waals surface area contributed by atoms with Crippen molar-refractivity contribution in [2.45, 2.75) is 25.5 Å². The average Bonchev–Trinajstić information content (AvgIpc) is 3.06. The number of nitrogens with one attached hydrogen (secondary N) is 1. The maximum Gasteiger partial charge on any atom is 0.234 e. The van der Waals surface area contributed by atoms with Crippen molar-refractivity contribution in [2.75, 3.05) is 11.1 Å². The number of nitrogens with zero attached hydrogens (tertiary/aromatic N) is 3. The Morgan fingerprint density at radius 1 is 1.22 bits per heavy atom. The van der Waals surface area contributed by atoms with Crippen LogP contribution in [0, 0.1) is 10.5 Å². The minimum atomic E-state index is -0.0823. The number of halogens is 1. The van der Waals surface area contributed by atoms with Crippen LogP contribution in [-0.2, 0) is 11.3 Å². The molecule has 0 aliphatic heterocycles. The van der Waals surface area contributed by atoms with Crippen molar-refractivity contribution in [3.63, 3.8) is 0 Å². The second-order valence-corrected chi connectivity index (χ2v) is 8.08. The van der Waals surface area contributed by atoms with Crippen LogP contribution in [0.15, 0.2) is 47.6 Å². The lowest BCUT2D eigenvalue weighted by Gasteiger charge is -2.09. The number of thioether (sulfide) groups is 1. The van der Waals surface area contributed by atoms with E-state index in [4.69, 9.17) is 0 Å². The minimum Gasteiger partial charge on any atom is -0.508 e. The Hall–Kier alpha value is -2.07. The van der Waals surface area contributed by atoms with Gasteiger partial charge in [0.25, 0.3) is 0 Å². The first kappa shape index (κ1) is 19.7. The molecular weight excluding hydrogens is 475 g/mol. The summed E-state index contributed by atoms with van der Waals surface area (Å²) in [4.78, 5) is 12.3. The lowest BCUT2D eigenvalue weighted by atomic mass is 10.2. The highest BCUT2D eigenvalue weighted by atomic mass is 127. The van der Waals surface area contributed by atoms with E-state index in [0.29, 0.717) is 17.5 Å². The summed E-state index contributed by atoms with van der Waals surface area (Å²) in [5, 5.41) is 21.6. The molecule has 0 aliphatic rings. The number of carbonyl (C=O) groups excluding carboxylic acids is 1. The van der Waals surface area contributed by atoms with Crippen LogP contribution in [0.5, 0.6) is 5.75 Å². The van der Waals surface area contributed by atoms with Crippen molar-refractivity contribution in [1.82, 2.24) is 14.8 Å². The van der Waals surface area contributed by atoms with Crippen LogP contribution in [0.4, 0.5) is 5.69 Å². The molecule has 3 aromatic rings. The number of carbonyl (C=O) groups is 1. The van der Waals surface area contributed by atoms with Gasteiger partial charge in [0, 0.05) is 21.4 Å². The molecule has 0 unspecified atom stereocenters. The van der Waals surface area contributed by atoms with Gasteiger partial charge in [-0.05, 0) is 84.5 Å². The van der Waals surface area contributed by atoms with Gasteiger partial charge in [0.15, 0.2) is 11.0 Å². The SMILES string of the molecule is CCn1c(SCC(=O)Nc2ccc(I)cc2C)nnc1-c1ccc(O)cc1. The standard InChI is InChI=1S/C19H19IN4O2S/c1-3-24-18(13-4-7-15(25)8-5-13)22-23-19(24)27-11-17(26)21-16-9-6-14(20)10-12(16)2/h4-10,25H,3,11H2,1-2H3,(H,21,26). The number of aryl methyl sites for hydroxylation is 1. The van der Waals surface area contributed by atoms with Crippen molar-refractivity contribution in [1.29, 1.82) is 0 Å². The smallest absolute Gasteiger partial charge is 0.234 e. The quantitative estimate of drug-likeness (QED) is 0.395. The van der Waals surface area contributed by atoms with Gasteiger partial charge in [0.05, 0.1) is 5.75 Å². The second-order valence-electron chi connectivity index (χ2n) is 5.89. The number of aromatic hydroxyl groups is 1. The second kappa shape index (κ2) is 8.75. The van der Waals surface area contributed by atoms with Crippen LogP contribution in [0.25, 0.3) is 11.4 Å². The third-order valence-electron chi connectivity index (χ3n) is 3.95. The van der Waals surface area contributed by atoms with Gasteiger partial charge in [-0.1, -0.05) is 11.8 Å². The summed E-state index contributed by atoms with van der Waals surface area (Å²) in [7, 11) is 0. The number of rotatable bonds is 6. The predicted molar refractivity (Wildman–Crippen MR) is 116 cm³/mol. The van der Waals surface area contributed by atoms with E-state index in [9.17, 15) is 9.90 Å². The summed E-state index contributed by atoms with van der Waals surface area (Å²) in [6.07, 6.45) is 0. The summed E-state index contributed by atoms with van der Waals surface area (Å²) in [5.41, 5.74) is 2.72. The Kier molecular flexibility index (Phi) is 6.38. The number of benzene rings is 2. The number of hydrogen-bond donors (Lipinski definition) is 2. The largest absolute Gasteiger partial charge is 0.508 e. The molecule has 8 heteroatoms. The minimum absolute atomic E-state index is 0.0823. The van der Waals surface area contributed by atoms with E-state index in [1.807, 2.05) is 36.6 Å². The van der Waals surface area contributed by atoms with E-state index in [-0.39, 0.29) is 17.4 Å². The Labute approximate surface area is 175 Å². The molecule has 0 saturated heterocycles. The molecule has 1 amide bonds. The van der Waals surface area contributed by atoms with Gasteiger partial charge in [-0.2, -0.15) is 0 Å². The van der Waals surface area contributed by atoms with Crippen LogP contribution in [0.1, 0.15) is 12.5 Å². The lowest BCUT2D eigenvalue weighted by molar-refractivity contribution is -0.113. The summed E-state index contributed by atoms with van der Waals surface area (Å²) < 4.78 is 3.09. The van der Waals surface area contributed by atoms with Gasteiger partial charge >= 0.3 is 0 Å². The molecule has 1 aromatic heterocycles. The van der Waals surface area contributed by atoms with Crippen LogP contribution < -0.4 is 5.32 Å². The third kappa shape index (κ3) is 4.81. The zero-order valence-electron chi connectivity index (χ0n) is 14.9. The zero-order valence-corrected chi connectivity index (χ0v) is 17.9. The van der Waals surface area contributed by atoms with Crippen LogP contribution >= 0.6 is 34.4 Å². The van der Waals surface area contributed by atoms with E-state index in [0.717, 1.165) is 20.4 Å². The van der Waals surface area contributed by atoms with Crippen LogP contribution in [0.2, 0.25) is 0 Å². The van der Waals surface area contributed by atoms with Gasteiger partial charge in [-0.15, -0.1) is 10.2 Å². The summed E-state index contributed by atoms with van der Waals surface area (Å²) >= 11 is 3.60. The Balaban J connectivity index is 1.69. The first-order chi connectivity index (χ1) is 13.0. The van der Waals surface area contributed by atoms with Crippen molar-refractivity contribution in [3.05, 3.63) is 51.6 Å². The number of anilines is 1. The highest BCUT2D eigenvalue weighted by Gasteiger charge is 2.15. The number of phenols is 1. The fourth-order valence-corrected chi connectivity index (χ4v) is 4.04. The molecule has 0 saturated carbocycles. The van der Waals surface area contributed by atoms with E-state index < -0.39 is 0 Å². The molecule has 27 heavy (non-hydrogen) atoms.